The summed E-state index contributed by atoms with van der Waals surface area (Å²) >= 11 is -3.51. The molecule has 1 unspecified atom stereocenters. The Balaban J connectivity index is 2.56. The predicted octanol–water partition coefficient (Wildman–Crippen LogP) is 1.77. The minimum absolute atomic E-state index is 0.0574. The van der Waals surface area contributed by atoms with Gasteiger partial charge < -0.3 is 5.11 Å². The lowest BCUT2D eigenvalue weighted by molar-refractivity contribution is -0.0467. The van der Waals surface area contributed by atoms with Crippen LogP contribution in [0, 0.1) is 0 Å². The van der Waals surface area contributed by atoms with Crippen molar-refractivity contribution in [3.63, 3.8) is 0 Å². The summed E-state index contributed by atoms with van der Waals surface area (Å²) in [5.74, 6) is -0.844. The highest BCUT2D eigenvalue weighted by atomic mass is 32.2. The highest BCUT2D eigenvalue weighted by molar-refractivity contribution is 7.81. The van der Waals surface area contributed by atoms with E-state index in [0.717, 1.165) is 0 Å². The second-order valence-electron chi connectivity index (χ2n) is 2.91. The van der Waals surface area contributed by atoms with Crippen LogP contribution in [0.15, 0.2) is 24.3 Å². The van der Waals surface area contributed by atoms with Gasteiger partial charge in [0.05, 0.1) is 0 Å². The van der Waals surface area contributed by atoms with Crippen LogP contribution in [0.25, 0.3) is 0 Å². The molecular formula is C9H7F3O4S. The third kappa shape index (κ3) is 4.16. The first kappa shape index (κ1) is 13.7. The van der Waals surface area contributed by atoms with E-state index in [9.17, 15) is 22.2 Å². The Hall–Kier alpha value is -1.41. The molecule has 0 bridgehead atoms. The molecule has 1 atom stereocenters. The van der Waals surface area contributed by atoms with Gasteiger partial charge in [-0.25, -0.2) is 4.21 Å². The number of carbonyl (C=O) groups is 1. The van der Waals surface area contributed by atoms with Crippen LogP contribution < -0.4 is 0 Å². The number of rotatable bonds is 4. The maximum Gasteiger partial charge on any atom is 0.497 e. The van der Waals surface area contributed by atoms with Gasteiger partial charge in [0.2, 0.25) is 0 Å². The molecule has 17 heavy (non-hydrogen) atoms. The van der Waals surface area contributed by atoms with E-state index in [4.69, 9.17) is 5.11 Å². The molecule has 0 amide bonds. The number of phenols is 1. The number of halogens is 3. The van der Waals surface area contributed by atoms with Crippen molar-refractivity contribution < 1.29 is 31.5 Å². The summed E-state index contributed by atoms with van der Waals surface area (Å²) in [4.78, 5) is 11.3. The summed E-state index contributed by atoms with van der Waals surface area (Å²) in [5.41, 5.74) is -4.95. The van der Waals surface area contributed by atoms with E-state index in [1.165, 1.54) is 24.3 Å². The van der Waals surface area contributed by atoms with E-state index in [0.29, 0.717) is 0 Å². The monoisotopic (exact) mass is 268 g/mol. The molecule has 0 heterocycles. The molecule has 0 saturated heterocycles. The van der Waals surface area contributed by atoms with Crippen LogP contribution in [0.3, 0.4) is 0 Å². The van der Waals surface area contributed by atoms with Crippen molar-refractivity contribution >= 4 is 16.9 Å². The van der Waals surface area contributed by atoms with Crippen LogP contribution in [0.1, 0.15) is 10.4 Å². The number of carbonyl (C=O) groups excluding carboxylic acids is 1. The smallest absolute Gasteiger partial charge is 0.497 e. The number of ketones is 1. The third-order valence-electron chi connectivity index (χ3n) is 1.68. The van der Waals surface area contributed by atoms with Crippen molar-refractivity contribution in [3.05, 3.63) is 29.8 Å². The maximum absolute atomic E-state index is 11.8. The lowest BCUT2D eigenvalue weighted by Crippen LogP contribution is -2.21. The first-order valence-electron chi connectivity index (χ1n) is 4.25. The molecule has 0 spiro atoms. The summed E-state index contributed by atoms with van der Waals surface area (Å²) in [7, 11) is 0. The molecular weight excluding hydrogens is 261 g/mol. The Morgan fingerprint density at radius 1 is 1.29 bits per heavy atom. The average Bonchev–Trinajstić information content (AvgIpc) is 2.25. The van der Waals surface area contributed by atoms with Gasteiger partial charge in [-0.2, -0.15) is 13.2 Å². The van der Waals surface area contributed by atoms with Crippen LogP contribution in [0.4, 0.5) is 13.2 Å². The van der Waals surface area contributed by atoms with Gasteiger partial charge in [-0.15, -0.1) is 0 Å². The normalized spacial score (nSPS) is 13.4. The second-order valence-corrected chi connectivity index (χ2v) is 4.08. The first-order valence-corrected chi connectivity index (χ1v) is 5.32. The van der Waals surface area contributed by atoms with Gasteiger partial charge >= 0.3 is 5.51 Å². The molecule has 4 nitrogen and oxygen atoms in total. The topological polar surface area (TPSA) is 63.6 Å². The molecule has 0 fully saturated rings. The number of hydrogen-bond donors (Lipinski definition) is 1. The van der Waals surface area contributed by atoms with Gasteiger partial charge in [-0.1, -0.05) is 0 Å². The van der Waals surface area contributed by atoms with E-state index in [-0.39, 0.29) is 11.3 Å². The van der Waals surface area contributed by atoms with E-state index < -0.39 is 29.0 Å². The predicted molar refractivity (Wildman–Crippen MR) is 52.6 cm³/mol. The van der Waals surface area contributed by atoms with E-state index in [1.54, 1.807) is 0 Å². The molecule has 0 aliphatic heterocycles. The molecule has 1 aromatic carbocycles. The maximum atomic E-state index is 11.8. The van der Waals surface area contributed by atoms with Gasteiger partial charge in [0, 0.05) is 5.56 Å². The number of benzene rings is 1. The van der Waals surface area contributed by atoms with E-state index in [1.807, 2.05) is 0 Å². The average molecular weight is 268 g/mol. The molecule has 0 aliphatic rings. The summed E-state index contributed by atoms with van der Waals surface area (Å²) in [6, 6.07) is 4.84. The summed E-state index contributed by atoms with van der Waals surface area (Å²) < 4.78 is 49.7. The van der Waals surface area contributed by atoms with Crippen molar-refractivity contribution in [2.75, 3.05) is 6.61 Å². The van der Waals surface area contributed by atoms with Crippen LogP contribution >= 0.6 is 0 Å². The molecule has 0 saturated carbocycles. The molecule has 1 N–H and O–H groups in total. The van der Waals surface area contributed by atoms with Crippen molar-refractivity contribution in [3.8, 4) is 5.75 Å². The fourth-order valence-corrected chi connectivity index (χ4v) is 1.25. The van der Waals surface area contributed by atoms with Crippen LogP contribution in [-0.4, -0.2) is 27.2 Å². The highest BCUT2D eigenvalue weighted by Crippen LogP contribution is 2.20. The number of phenolic OH excluding ortho intramolecular Hbond substituents is 1. The van der Waals surface area contributed by atoms with Gasteiger partial charge in [0.25, 0.3) is 11.1 Å². The van der Waals surface area contributed by atoms with Crippen molar-refractivity contribution in [1.82, 2.24) is 0 Å². The second kappa shape index (κ2) is 5.28. The third-order valence-corrected chi connectivity index (χ3v) is 2.39. The molecule has 0 radical (unpaired) electrons. The summed E-state index contributed by atoms with van der Waals surface area (Å²) in [6.45, 7) is -0.948. The van der Waals surface area contributed by atoms with Gasteiger partial charge in [0.15, 0.2) is 5.78 Å². The fourth-order valence-electron chi connectivity index (χ4n) is 0.905. The SMILES string of the molecule is O=C(COS(=O)C(F)(F)F)c1ccc(O)cc1. The Morgan fingerprint density at radius 2 is 1.82 bits per heavy atom. The number of aromatic hydroxyl groups is 1. The number of Topliss-reactive ketones (excluding diaryl/α,β-unsaturated/α-hetero) is 1. The van der Waals surface area contributed by atoms with Crippen molar-refractivity contribution in [2.24, 2.45) is 0 Å². The Kier molecular flexibility index (Phi) is 4.24. The minimum atomic E-state index is -5.00. The largest absolute Gasteiger partial charge is 0.508 e. The van der Waals surface area contributed by atoms with Gasteiger partial charge in [-0.05, 0) is 24.3 Å². The zero-order valence-electron chi connectivity index (χ0n) is 8.23. The van der Waals surface area contributed by atoms with Crippen molar-refractivity contribution in [1.29, 1.82) is 0 Å². The summed E-state index contributed by atoms with van der Waals surface area (Å²) in [6.07, 6.45) is 0. The Morgan fingerprint density at radius 3 is 2.29 bits per heavy atom. The lowest BCUT2D eigenvalue weighted by Gasteiger charge is -2.05. The Bertz CT molecular complexity index is 427. The standard InChI is InChI=1S/C9H7F3O4S/c10-9(11,12)17(15)16-5-8(14)6-1-3-7(13)4-2-6/h1-4,13H,5H2. The van der Waals surface area contributed by atoms with Crippen LogP contribution in [-0.2, 0) is 15.3 Å². The summed E-state index contributed by atoms with van der Waals surface area (Å²) in [5, 5.41) is 8.92. The number of hydrogen-bond acceptors (Lipinski definition) is 4. The molecule has 1 aromatic rings. The molecule has 0 aliphatic carbocycles. The molecule has 0 aromatic heterocycles. The van der Waals surface area contributed by atoms with Gasteiger partial charge in [0.1, 0.15) is 12.4 Å². The first-order chi connectivity index (χ1) is 7.80. The highest BCUT2D eigenvalue weighted by Gasteiger charge is 2.38. The zero-order valence-corrected chi connectivity index (χ0v) is 9.05. The quantitative estimate of drug-likeness (QED) is 0.845. The molecule has 94 valence electrons. The lowest BCUT2D eigenvalue weighted by atomic mass is 10.1. The Labute approximate surface area is 96.7 Å². The fraction of sp³-hybridized carbons (Fsp3) is 0.222. The minimum Gasteiger partial charge on any atom is -0.508 e. The molecule has 8 heteroatoms. The van der Waals surface area contributed by atoms with Crippen LogP contribution in [0.5, 0.6) is 5.75 Å². The van der Waals surface area contributed by atoms with E-state index >= 15 is 0 Å². The number of alkyl halides is 3. The zero-order chi connectivity index (χ0) is 13.1. The van der Waals surface area contributed by atoms with Crippen molar-refractivity contribution in [2.45, 2.75) is 5.51 Å². The van der Waals surface area contributed by atoms with Crippen LogP contribution in [0.2, 0.25) is 0 Å². The molecule has 1 rings (SSSR count). The van der Waals surface area contributed by atoms with E-state index in [2.05, 4.69) is 4.18 Å². The van der Waals surface area contributed by atoms with Gasteiger partial charge in [-0.3, -0.25) is 8.98 Å².